The predicted molar refractivity (Wildman–Crippen MR) is 58.4 cm³/mol. The minimum Gasteiger partial charge on any atom is -0.496 e. The van der Waals surface area contributed by atoms with Crippen LogP contribution in [-0.4, -0.2) is 14.2 Å². The fourth-order valence-electron chi connectivity index (χ4n) is 1.69. The molecule has 1 rings (SSSR count). The van der Waals surface area contributed by atoms with Gasteiger partial charge in [0, 0.05) is 0 Å². The average molecular weight is 194 g/mol. The van der Waals surface area contributed by atoms with Gasteiger partial charge in [0.25, 0.3) is 0 Å². The van der Waals surface area contributed by atoms with E-state index < -0.39 is 0 Å². The topological polar surface area (TPSA) is 18.5 Å². The van der Waals surface area contributed by atoms with Crippen molar-refractivity contribution in [2.45, 2.75) is 27.2 Å². The minimum atomic E-state index is 0.945. The van der Waals surface area contributed by atoms with Crippen LogP contribution in [0.2, 0.25) is 0 Å². The minimum absolute atomic E-state index is 0.945. The standard InChI is InChI=1S/C12H18O2/c1-6-10-7-11(13-4)8(2)9(3)12(10)14-5/h7H,6H2,1-5H3. The second-order valence-corrected chi connectivity index (χ2v) is 3.37. The molecule has 1 aromatic rings. The summed E-state index contributed by atoms with van der Waals surface area (Å²) < 4.78 is 10.7. The maximum absolute atomic E-state index is 5.39. The van der Waals surface area contributed by atoms with Crippen LogP contribution in [0.25, 0.3) is 0 Å². The van der Waals surface area contributed by atoms with Crippen molar-refractivity contribution in [1.82, 2.24) is 0 Å². The molecule has 0 aromatic heterocycles. The van der Waals surface area contributed by atoms with E-state index in [1.165, 1.54) is 11.1 Å². The van der Waals surface area contributed by atoms with Gasteiger partial charge in [-0.3, -0.25) is 0 Å². The Balaban J connectivity index is 3.38. The Hall–Kier alpha value is -1.18. The molecule has 0 saturated carbocycles. The molecule has 0 heterocycles. The van der Waals surface area contributed by atoms with Crippen LogP contribution in [0.15, 0.2) is 6.07 Å². The van der Waals surface area contributed by atoms with Crippen LogP contribution in [0.3, 0.4) is 0 Å². The molecule has 0 bridgehead atoms. The highest BCUT2D eigenvalue weighted by atomic mass is 16.5. The lowest BCUT2D eigenvalue weighted by atomic mass is 10.0. The fraction of sp³-hybridized carbons (Fsp3) is 0.500. The van der Waals surface area contributed by atoms with E-state index in [1.54, 1.807) is 14.2 Å². The van der Waals surface area contributed by atoms with Gasteiger partial charge in [-0.1, -0.05) is 6.92 Å². The van der Waals surface area contributed by atoms with Crippen molar-refractivity contribution in [2.75, 3.05) is 14.2 Å². The molecule has 0 aliphatic carbocycles. The zero-order chi connectivity index (χ0) is 10.7. The summed E-state index contributed by atoms with van der Waals surface area (Å²) in [5, 5.41) is 0. The van der Waals surface area contributed by atoms with Crippen LogP contribution in [-0.2, 0) is 6.42 Å². The molecular weight excluding hydrogens is 176 g/mol. The van der Waals surface area contributed by atoms with Gasteiger partial charge in [-0.2, -0.15) is 0 Å². The maximum Gasteiger partial charge on any atom is 0.125 e. The van der Waals surface area contributed by atoms with Crippen molar-refractivity contribution < 1.29 is 9.47 Å². The molecule has 0 radical (unpaired) electrons. The van der Waals surface area contributed by atoms with Crippen molar-refractivity contribution in [3.05, 3.63) is 22.8 Å². The smallest absolute Gasteiger partial charge is 0.125 e. The van der Waals surface area contributed by atoms with Gasteiger partial charge in [0.05, 0.1) is 14.2 Å². The molecule has 2 heteroatoms. The lowest BCUT2D eigenvalue weighted by molar-refractivity contribution is 0.394. The molecule has 0 N–H and O–H groups in total. The monoisotopic (exact) mass is 194 g/mol. The largest absolute Gasteiger partial charge is 0.496 e. The first-order chi connectivity index (χ1) is 6.65. The molecule has 0 aliphatic rings. The summed E-state index contributed by atoms with van der Waals surface area (Å²) in [5.74, 6) is 1.94. The maximum atomic E-state index is 5.39. The fourth-order valence-corrected chi connectivity index (χ4v) is 1.69. The van der Waals surface area contributed by atoms with Crippen LogP contribution in [0.1, 0.15) is 23.6 Å². The number of methoxy groups -OCH3 is 2. The quantitative estimate of drug-likeness (QED) is 0.736. The lowest BCUT2D eigenvalue weighted by Gasteiger charge is -2.15. The van der Waals surface area contributed by atoms with Gasteiger partial charge in [-0.25, -0.2) is 0 Å². The number of rotatable bonds is 3. The summed E-state index contributed by atoms with van der Waals surface area (Å²) in [6, 6.07) is 2.06. The Morgan fingerprint density at radius 3 is 2.14 bits per heavy atom. The van der Waals surface area contributed by atoms with Crippen molar-refractivity contribution in [2.24, 2.45) is 0 Å². The summed E-state index contributed by atoms with van der Waals surface area (Å²) >= 11 is 0. The summed E-state index contributed by atoms with van der Waals surface area (Å²) in [6.07, 6.45) is 0.959. The predicted octanol–water partition coefficient (Wildman–Crippen LogP) is 2.88. The molecule has 0 aliphatic heterocycles. The van der Waals surface area contributed by atoms with Gasteiger partial charge in [-0.05, 0) is 43.0 Å². The Morgan fingerprint density at radius 1 is 1.07 bits per heavy atom. The van der Waals surface area contributed by atoms with Crippen molar-refractivity contribution in [3.8, 4) is 11.5 Å². The first-order valence-electron chi connectivity index (χ1n) is 4.86. The van der Waals surface area contributed by atoms with Gasteiger partial charge in [0.2, 0.25) is 0 Å². The first kappa shape index (κ1) is 10.9. The van der Waals surface area contributed by atoms with E-state index >= 15 is 0 Å². The van der Waals surface area contributed by atoms with Gasteiger partial charge in [-0.15, -0.1) is 0 Å². The number of hydrogen-bond acceptors (Lipinski definition) is 2. The first-order valence-corrected chi connectivity index (χ1v) is 4.86. The van der Waals surface area contributed by atoms with E-state index in [9.17, 15) is 0 Å². The van der Waals surface area contributed by atoms with E-state index in [1.807, 2.05) is 0 Å². The molecule has 0 spiro atoms. The van der Waals surface area contributed by atoms with Crippen LogP contribution in [0, 0.1) is 13.8 Å². The highest BCUT2D eigenvalue weighted by molar-refractivity contribution is 5.52. The Morgan fingerprint density at radius 2 is 1.71 bits per heavy atom. The summed E-state index contributed by atoms with van der Waals surface area (Å²) in [6.45, 7) is 6.23. The van der Waals surface area contributed by atoms with Crippen LogP contribution in [0.5, 0.6) is 11.5 Å². The second kappa shape index (κ2) is 4.36. The van der Waals surface area contributed by atoms with E-state index in [0.717, 1.165) is 23.5 Å². The second-order valence-electron chi connectivity index (χ2n) is 3.37. The van der Waals surface area contributed by atoms with Crippen molar-refractivity contribution in [3.63, 3.8) is 0 Å². The molecule has 0 unspecified atom stereocenters. The third-order valence-electron chi connectivity index (χ3n) is 2.67. The third-order valence-corrected chi connectivity index (χ3v) is 2.67. The molecule has 2 nitrogen and oxygen atoms in total. The van der Waals surface area contributed by atoms with Crippen molar-refractivity contribution in [1.29, 1.82) is 0 Å². The van der Waals surface area contributed by atoms with E-state index in [-0.39, 0.29) is 0 Å². The van der Waals surface area contributed by atoms with Gasteiger partial charge < -0.3 is 9.47 Å². The zero-order valence-electron chi connectivity index (χ0n) is 9.60. The highest BCUT2D eigenvalue weighted by Gasteiger charge is 2.11. The molecule has 0 fully saturated rings. The molecular formula is C12H18O2. The summed E-state index contributed by atoms with van der Waals surface area (Å²) in [7, 11) is 3.42. The zero-order valence-corrected chi connectivity index (χ0v) is 9.60. The molecule has 0 atom stereocenters. The Kier molecular flexibility index (Phi) is 3.39. The van der Waals surface area contributed by atoms with Gasteiger partial charge in [0.15, 0.2) is 0 Å². The van der Waals surface area contributed by atoms with Crippen LogP contribution in [0.4, 0.5) is 0 Å². The normalized spacial score (nSPS) is 10.1. The number of hydrogen-bond donors (Lipinski definition) is 0. The molecule has 14 heavy (non-hydrogen) atoms. The average Bonchev–Trinajstić information content (AvgIpc) is 2.21. The van der Waals surface area contributed by atoms with Crippen LogP contribution < -0.4 is 9.47 Å². The highest BCUT2D eigenvalue weighted by Crippen LogP contribution is 2.33. The molecule has 78 valence electrons. The van der Waals surface area contributed by atoms with E-state index in [0.29, 0.717) is 0 Å². The van der Waals surface area contributed by atoms with E-state index in [4.69, 9.17) is 9.47 Å². The molecule has 0 amide bonds. The number of benzene rings is 1. The molecule has 1 aromatic carbocycles. The van der Waals surface area contributed by atoms with E-state index in [2.05, 4.69) is 26.8 Å². The summed E-state index contributed by atoms with van der Waals surface area (Å²) in [5.41, 5.74) is 3.53. The number of aryl methyl sites for hydroxylation is 1. The molecule has 0 saturated heterocycles. The Bertz CT molecular complexity index is 330. The number of ether oxygens (including phenoxy) is 2. The van der Waals surface area contributed by atoms with Gasteiger partial charge in [0.1, 0.15) is 11.5 Å². The van der Waals surface area contributed by atoms with Crippen LogP contribution >= 0.6 is 0 Å². The summed E-state index contributed by atoms with van der Waals surface area (Å²) in [4.78, 5) is 0. The van der Waals surface area contributed by atoms with Crippen molar-refractivity contribution >= 4 is 0 Å². The Labute approximate surface area is 85.8 Å². The van der Waals surface area contributed by atoms with Gasteiger partial charge >= 0.3 is 0 Å². The lowest BCUT2D eigenvalue weighted by Crippen LogP contribution is -1.99. The SMILES string of the molecule is CCc1cc(OC)c(C)c(C)c1OC. The third kappa shape index (κ3) is 1.69.